The van der Waals surface area contributed by atoms with Crippen LogP contribution in [0.25, 0.3) is 0 Å². The van der Waals surface area contributed by atoms with Crippen molar-refractivity contribution in [1.82, 2.24) is 15.5 Å². The van der Waals surface area contributed by atoms with Crippen molar-refractivity contribution >= 4 is 35.3 Å². The average Bonchev–Trinajstić information content (AvgIpc) is 3.17. The number of amidine groups is 1. The maximum Gasteiger partial charge on any atom is 0.413 e. The Bertz CT molecular complexity index is 1130. The Hall–Kier alpha value is -3.54. The molecule has 2 atom stereocenters. The number of likely N-dealkylation sites (tertiary alicyclic amines) is 1. The fourth-order valence-electron chi connectivity index (χ4n) is 4.02. The minimum Gasteiger partial charge on any atom is -0.465 e. The number of benzene rings is 1. The van der Waals surface area contributed by atoms with Crippen LogP contribution in [0.2, 0.25) is 0 Å². The molecule has 0 bridgehead atoms. The van der Waals surface area contributed by atoms with Crippen molar-refractivity contribution in [2.24, 2.45) is 5.41 Å². The lowest BCUT2D eigenvalue weighted by Gasteiger charge is -2.20. The summed E-state index contributed by atoms with van der Waals surface area (Å²) in [4.78, 5) is 37.3. The van der Waals surface area contributed by atoms with Gasteiger partial charge in [0.05, 0.1) is 12.0 Å². The SMILES string of the molecule is N=C(NC(=O)OCc1ccccc1)c1csc(CNC(=O)[C@@H]2C[C@@]3(CN2C(=O)O)CC3(F)F)c1. The molecule has 4 N–H and O–H groups in total. The summed E-state index contributed by atoms with van der Waals surface area (Å²) >= 11 is 1.22. The number of alkyl carbamates (subject to hydrolysis) is 1. The Morgan fingerprint density at radius 1 is 1.26 bits per heavy atom. The van der Waals surface area contributed by atoms with Gasteiger partial charge in [-0.15, -0.1) is 11.3 Å². The Morgan fingerprint density at radius 2 is 1.97 bits per heavy atom. The molecule has 1 aliphatic carbocycles. The standard InChI is InChI=1S/C22H22F2N4O5S/c23-22(24)11-21(22)7-16(28(12-21)20(31)32)18(29)26-8-15-6-14(10-34-15)17(25)27-19(30)33-9-13-4-2-1-3-5-13/h1-6,10,16H,7-9,11-12H2,(H,26,29)(H,31,32)(H2,25,27,30)/t16-,21-/m0/s1. The van der Waals surface area contributed by atoms with E-state index in [0.717, 1.165) is 10.5 Å². The second kappa shape index (κ2) is 9.01. The van der Waals surface area contributed by atoms with Crippen LogP contribution in [0, 0.1) is 10.8 Å². The first-order valence-electron chi connectivity index (χ1n) is 10.4. The molecule has 2 heterocycles. The van der Waals surface area contributed by atoms with Crippen LogP contribution in [0.1, 0.15) is 28.8 Å². The molecule has 3 amide bonds. The molecule has 12 heteroatoms. The molecule has 2 aliphatic rings. The fraction of sp³-hybridized carbons (Fsp3) is 0.364. The zero-order valence-corrected chi connectivity index (χ0v) is 18.7. The quantitative estimate of drug-likeness (QED) is 0.363. The van der Waals surface area contributed by atoms with Gasteiger partial charge in [0.2, 0.25) is 5.91 Å². The largest absolute Gasteiger partial charge is 0.465 e. The number of amides is 3. The number of thiophene rings is 1. The first-order chi connectivity index (χ1) is 16.1. The van der Waals surface area contributed by atoms with Gasteiger partial charge in [0.15, 0.2) is 0 Å². The second-order valence-electron chi connectivity index (χ2n) is 8.37. The van der Waals surface area contributed by atoms with Gasteiger partial charge in [-0.3, -0.25) is 20.4 Å². The van der Waals surface area contributed by atoms with Gasteiger partial charge >= 0.3 is 12.2 Å². The highest BCUT2D eigenvalue weighted by Crippen LogP contribution is 2.66. The Balaban J connectivity index is 1.27. The van der Waals surface area contributed by atoms with E-state index < -0.39 is 41.9 Å². The second-order valence-corrected chi connectivity index (χ2v) is 9.37. The molecule has 4 rings (SSSR count). The van der Waals surface area contributed by atoms with Gasteiger partial charge in [-0.25, -0.2) is 18.4 Å². The van der Waals surface area contributed by atoms with Crippen molar-refractivity contribution in [2.45, 2.75) is 38.0 Å². The smallest absolute Gasteiger partial charge is 0.413 e. The van der Waals surface area contributed by atoms with E-state index in [2.05, 4.69) is 10.6 Å². The normalized spacial score (nSPS) is 22.3. The summed E-state index contributed by atoms with van der Waals surface area (Å²) in [7, 11) is 0. The number of ether oxygens (including phenoxy) is 1. The number of halogens is 2. The lowest BCUT2D eigenvalue weighted by atomic mass is 10.0. The Kier molecular flexibility index (Phi) is 6.26. The number of carboxylic acid groups (broad SMARTS) is 1. The van der Waals surface area contributed by atoms with Gasteiger partial charge in [-0.05, 0) is 18.1 Å². The molecular weight excluding hydrogens is 470 g/mol. The molecule has 1 aromatic carbocycles. The molecule has 1 saturated carbocycles. The average molecular weight is 493 g/mol. The zero-order valence-electron chi connectivity index (χ0n) is 17.8. The number of hydrogen-bond donors (Lipinski definition) is 4. The topological polar surface area (TPSA) is 132 Å². The molecule has 2 fully saturated rings. The first kappa shape index (κ1) is 23.6. The molecule has 180 valence electrons. The van der Waals surface area contributed by atoms with Crippen molar-refractivity contribution in [3.8, 4) is 0 Å². The number of hydrogen-bond acceptors (Lipinski definition) is 6. The van der Waals surface area contributed by atoms with Crippen molar-refractivity contribution in [3.63, 3.8) is 0 Å². The van der Waals surface area contributed by atoms with E-state index in [1.165, 1.54) is 11.3 Å². The van der Waals surface area contributed by atoms with Crippen LogP contribution in [0.3, 0.4) is 0 Å². The number of alkyl halides is 2. The summed E-state index contributed by atoms with van der Waals surface area (Å²) in [6.07, 6.45) is -2.81. The molecular formula is C22H22F2N4O5S. The summed E-state index contributed by atoms with van der Waals surface area (Å²) in [5.41, 5.74) is -0.243. The first-order valence-corrected chi connectivity index (χ1v) is 11.3. The third-order valence-electron chi connectivity index (χ3n) is 6.01. The van der Waals surface area contributed by atoms with E-state index in [1.54, 1.807) is 23.6 Å². The van der Waals surface area contributed by atoms with Crippen molar-refractivity contribution in [1.29, 1.82) is 5.41 Å². The van der Waals surface area contributed by atoms with Crippen LogP contribution in [-0.4, -0.2) is 52.4 Å². The maximum absolute atomic E-state index is 13.7. The van der Waals surface area contributed by atoms with E-state index in [9.17, 15) is 28.3 Å². The molecule has 1 aromatic heterocycles. The molecule has 34 heavy (non-hydrogen) atoms. The van der Waals surface area contributed by atoms with Gasteiger partial charge in [-0.2, -0.15) is 0 Å². The lowest BCUT2D eigenvalue weighted by Crippen LogP contribution is -2.45. The number of rotatable bonds is 6. The zero-order chi connectivity index (χ0) is 24.5. The van der Waals surface area contributed by atoms with Crippen molar-refractivity contribution < 1.29 is 33.0 Å². The number of nitrogens with one attached hydrogen (secondary N) is 3. The van der Waals surface area contributed by atoms with E-state index in [1.807, 2.05) is 18.2 Å². The summed E-state index contributed by atoms with van der Waals surface area (Å²) in [5, 5.41) is 23.9. The number of carbonyl (C=O) groups excluding carboxylic acids is 2. The Morgan fingerprint density at radius 3 is 2.62 bits per heavy atom. The fourth-order valence-corrected chi connectivity index (χ4v) is 4.83. The summed E-state index contributed by atoms with van der Waals surface area (Å²) < 4.78 is 32.5. The minimum absolute atomic E-state index is 0.0303. The predicted molar refractivity (Wildman–Crippen MR) is 118 cm³/mol. The molecule has 0 radical (unpaired) electrons. The predicted octanol–water partition coefficient (Wildman–Crippen LogP) is 3.39. The molecule has 9 nitrogen and oxygen atoms in total. The maximum atomic E-state index is 13.7. The third-order valence-corrected chi connectivity index (χ3v) is 6.95. The van der Waals surface area contributed by atoms with Crippen LogP contribution in [0.5, 0.6) is 0 Å². The lowest BCUT2D eigenvalue weighted by molar-refractivity contribution is -0.125. The highest BCUT2D eigenvalue weighted by Gasteiger charge is 2.75. The molecule has 0 unspecified atom stereocenters. The number of nitrogens with zero attached hydrogens (tertiary/aromatic N) is 1. The van der Waals surface area contributed by atoms with E-state index in [0.29, 0.717) is 10.4 Å². The molecule has 2 aromatic rings. The minimum atomic E-state index is -2.95. The molecule has 1 aliphatic heterocycles. The highest BCUT2D eigenvalue weighted by atomic mass is 32.1. The van der Waals surface area contributed by atoms with Gasteiger partial charge in [0, 0.05) is 28.8 Å². The summed E-state index contributed by atoms with van der Waals surface area (Å²) in [5.74, 6) is -3.78. The van der Waals surface area contributed by atoms with E-state index >= 15 is 0 Å². The summed E-state index contributed by atoms with van der Waals surface area (Å²) in [6.45, 7) is -0.273. The van der Waals surface area contributed by atoms with Crippen LogP contribution >= 0.6 is 11.3 Å². The van der Waals surface area contributed by atoms with Crippen molar-refractivity contribution in [2.75, 3.05) is 6.54 Å². The van der Waals surface area contributed by atoms with Crippen LogP contribution in [0.15, 0.2) is 41.8 Å². The van der Waals surface area contributed by atoms with E-state index in [-0.39, 0.29) is 32.0 Å². The van der Waals surface area contributed by atoms with Crippen LogP contribution in [-0.2, 0) is 22.7 Å². The van der Waals surface area contributed by atoms with Gasteiger partial charge in [0.25, 0.3) is 5.92 Å². The number of carbonyl (C=O) groups is 3. The van der Waals surface area contributed by atoms with Crippen LogP contribution < -0.4 is 10.6 Å². The van der Waals surface area contributed by atoms with Gasteiger partial charge in [-0.1, -0.05) is 30.3 Å². The van der Waals surface area contributed by atoms with Crippen LogP contribution in [0.4, 0.5) is 18.4 Å². The monoisotopic (exact) mass is 492 g/mol. The van der Waals surface area contributed by atoms with Gasteiger partial charge < -0.3 is 15.2 Å². The van der Waals surface area contributed by atoms with E-state index in [4.69, 9.17) is 10.1 Å². The highest BCUT2D eigenvalue weighted by molar-refractivity contribution is 7.10. The summed E-state index contributed by atoms with van der Waals surface area (Å²) in [6, 6.07) is 9.48. The molecule has 1 saturated heterocycles. The van der Waals surface area contributed by atoms with Crippen molar-refractivity contribution in [3.05, 3.63) is 57.8 Å². The third kappa shape index (κ3) is 4.86. The molecule has 1 spiro atoms. The Labute approximate surface area is 197 Å². The van der Waals surface area contributed by atoms with Gasteiger partial charge in [0.1, 0.15) is 18.5 Å².